The molecule has 0 saturated carbocycles. The van der Waals surface area contributed by atoms with Gasteiger partial charge >= 0.3 is 5.63 Å². The minimum absolute atomic E-state index is 0.0384. The Bertz CT molecular complexity index is 1760. The molecule has 1 saturated heterocycles. The third-order valence-corrected chi connectivity index (χ3v) is 7.95. The van der Waals surface area contributed by atoms with Crippen LogP contribution in [0.2, 0.25) is 0 Å². The number of aliphatic hydroxyl groups excluding tert-OH is 2. The number of hydrogen-bond donors (Lipinski definition) is 3. The minimum Gasteiger partial charge on any atom is -0.497 e. The van der Waals surface area contributed by atoms with Crippen molar-refractivity contribution in [2.24, 2.45) is 0 Å². The summed E-state index contributed by atoms with van der Waals surface area (Å²) in [5.41, 5.74) is 0.841. The van der Waals surface area contributed by atoms with E-state index in [9.17, 15) is 19.8 Å². The van der Waals surface area contributed by atoms with E-state index in [0.29, 0.717) is 45.7 Å². The first kappa shape index (κ1) is 32.0. The van der Waals surface area contributed by atoms with Gasteiger partial charge in [-0.1, -0.05) is 19.1 Å². The van der Waals surface area contributed by atoms with Gasteiger partial charge < -0.3 is 43.6 Å². The molecule has 3 N–H and O–H groups in total. The normalized spacial score (nSPS) is 20.9. The van der Waals surface area contributed by atoms with Gasteiger partial charge in [-0.25, -0.2) is 4.79 Å². The van der Waals surface area contributed by atoms with Crippen LogP contribution in [0.5, 0.6) is 17.2 Å². The number of carbonyl (C=O) groups is 1. The molecular weight excluding hydrogens is 582 g/mol. The number of ether oxygens (including phenoxy) is 5. The maximum Gasteiger partial charge on any atom is 0.360 e. The molecule has 238 valence electrons. The number of aryl methyl sites for hydroxylation is 1. The lowest BCUT2D eigenvalue weighted by Gasteiger charge is -2.46. The van der Waals surface area contributed by atoms with E-state index in [1.165, 1.54) is 13.2 Å². The Labute approximate surface area is 260 Å². The van der Waals surface area contributed by atoms with Gasteiger partial charge in [-0.3, -0.25) is 4.79 Å². The van der Waals surface area contributed by atoms with E-state index in [4.69, 9.17) is 28.1 Å². The van der Waals surface area contributed by atoms with Gasteiger partial charge in [0.25, 0.3) is 5.91 Å². The van der Waals surface area contributed by atoms with Crippen molar-refractivity contribution in [3.63, 3.8) is 0 Å². The van der Waals surface area contributed by atoms with Gasteiger partial charge in [0.2, 0.25) is 6.29 Å². The van der Waals surface area contributed by atoms with Crippen molar-refractivity contribution >= 4 is 22.6 Å². The summed E-state index contributed by atoms with van der Waals surface area (Å²) in [5, 5.41) is 24.5. The zero-order valence-corrected chi connectivity index (χ0v) is 26.0. The average Bonchev–Trinajstić information content (AvgIpc) is 3.03. The molecule has 0 bridgehead atoms. The monoisotopic (exact) mass is 619 g/mol. The van der Waals surface area contributed by atoms with Crippen LogP contribution in [0.15, 0.2) is 69.9 Å². The van der Waals surface area contributed by atoms with Gasteiger partial charge in [0.1, 0.15) is 46.8 Å². The molecule has 5 rings (SSSR count). The second-order valence-electron chi connectivity index (χ2n) is 11.2. The van der Waals surface area contributed by atoms with Crippen LogP contribution in [0, 0.1) is 0 Å². The topological polar surface area (TPSA) is 146 Å². The molecule has 1 fully saturated rings. The lowest BCUT2D eigenvalue weighted by atomic mass is 9.89. The van der Waals surface area contributed by atoms with Crippen LogP contribution >= 0.6 is 0 Å². The van der Waals surface area contributed by atoms with Crippen molar-refractivity contribution in [2.45, 2.75) is 57.4 Å². The van der Waals surface area contributed by atoms with Gasteiger partial charge in [0.05, 0.1) is 19.8 Å². The predicted molar refractivity (Wildman–Crippen MR) is 167 cm³/mol. The minimum atomic E-state index is -1.39. The molecule has 0 unspecified atom stereocenters. The summed E-state index contributed by atoms with van der Waals surface area (Å²) in [6, 6.07) is 17.2. The van der Waals surface area contributed by atoms with E-state index >= 15 is 0 Å². The molecule has 0 spiro atoms. The Kier molecular flexibility index (Phi) is 9.17. The zero-order chi connectivity index (χ0) is 32.5. The Morgan fingerprint density at radius 2 is 1.71 bits per heavy atom. The van der Waals surface area contributed by atoms with Gasteiger partial charge in [-0.2, -0.15) is 0 Å². The number of anilines is 1. The van der Waals surface area contributed by atoms with Gasteiger partial charge in [-0.05, 0) is 74.4 Å². The lowest BCUT2D eigenvalue weighted by Crippen LogP contribution is -2.63. The number of carbonyl (C=O) groups excluding carboxylic acids is 1. The second-order valence-corrected chi connectivity index (χ2v) is 11.2. The third-order valence-electron chi connectivity index (χ3n) is 7.95. The lowest BCUT2D eigenvalue weighted by molar-refractivity contribution is -0.306. The zero-order valence-electron chi connectivity index (χ0n) is 26.0. The molecule has 0 radical (unpaired) electrons. The number of aliphatic hydroxyl groups is 2. The van der Waals surface area contributed by atoms with Crippen LogP contribution in [0.25, 0.3) is 22.1 Å². The molecule has 4 atom stereocenters. The highest BCUT2D eigenvalue weighted by Crippen LogP contribution is 2.36. The fourth-order valence-electron chi connectivity index (χ4n) is 5.65. The maximum absolute atomic E-state index is 13.3. The Morgan fingerprint density at radius 3 is 2.40 bits per heavy atom. The standard InChI is InChI=1S/C34H37NO10/c1-7-22-26(43-33-28(37)27(36)30(42-6)34(2,3)45-33)14-11-19-17-24(32(39)44-29(19)22)35-31(38)20-12-13-25(41-5)23(16-20)18-9-8-10-21(15-18)40-4/h8-17,27-28,30,33,36-37H,7H2,1-6H3,(H,35,38)/t27-,28-,30+,33+/m0/s1. The molecule has 0 aliphatic carbocycles. The summed E-state index contributed by atoms with van der Waals surface area (Å²) in [7, 11) is 4.55. The molecule has 3 aromatic carbocycles. The molecule has 1 amide bonds. The van der Waals surface area contributed by atoms with Crippen molar-refractivity contribution in [3.05, 3.63) is 82.2 Å². The number of benzene rings is 3. The van der Waals surface area contributed by atoms with Crippen LogP contribution in [-0.2, 0) is 15.9 Å². The van der Waals surface area contributed by atoms with Crippen molar-refractivity contribution in [3.8, 4) is 28.4 Å². The summed E-state index contributed by atoms with van der Waals surface area (Å²) in [4.78, 5) is 26.4. The van der Waals surface area contributed by atoms with E-state index < -0.39 is 41.7 Å². The quantitative estimate of drug-likeness (QED) is 0.228. The number of hydrogen-bond acceptors (Lipinski definition) is 10. The fraction of sp³-hybridized carbons (Fsp3) is 0.353. The summed E-state index contributed by atoms with van der Waals surface area (Å²) in [5.74, 6) is 1.03. The maximum atomic E-state index is 13.3. The Morgan fingerprint density at radius 1 is 0.956 bits per heavy atom. The first-order valence-corrected chi connectivity index (χ1v) is 14.5. The Balaban J connectivity index is 1.42. The van der Waals surface area contributed by atoms with Gasteiger partial charge in [0, 0.05) is 29.2 Å². The number of nitrogens with one attached hydrogen (secondary N) is 1. The molecule has 1 aliphatic rings. The highest BCUT2D eigenvalue weighted by atomic mass is 16.7. The van der Waals surface area contributed by atoms with E-state index in [2.05, 4.69) is 5.32 Å². The summed E-state index contributed by atoms with van der Waals surface area (Å²) >= 11 is 0. The average molecular weight is 620 g/mol. The smallest absolute Gasteiger partial charge is 0.360 e. The van der Waals surface area contributed by atoms with E-state index in [0.717, 1.165) is 5.56 Å². The van der Waals surface area contributed by atoms with Crippen LogP contribution in [0.4, 0.5) is 5.69 Å². The first-order chi connectivity index (χ1) is 21.5. The van der Waals surface area contributed by atoms with Gasteiger partial charge in [-0.15, -0.1) is 0 Å². The SMILES string of the molecule is CCc1c(O[C@@H]2OC(C)(C)[C@H](OC)[C@@H](O)[C@@H]2O)ccc2cc(NC(=O)c3ccc(OC)c(-c4cccc(OC)c4)c3)c(=O)oc12. The predicted octanol–water partition coefficient (Wildman–Crippen LogP) is 4.54. The van der Waals surface area contributed by atoms with Crippen LogP contribution in [0.3, 0.4) is 0 Å². The van der Waals surface area contributed by atoms with Crippen molar-refractivity contribution in [2.75, 3.05) is 26.6 Å². The molecule has 4 aromatic rings. The largest absolute Gasteiger partial charge is 0.497 e. The molecule has 2 heterocycles. The highest BCUT2D eigenvalue weighted by Gasteiger charge is 2.50. The van der Waals surface area contributed by atoms with Crippen molar-refractivity contribution in [1.29, 1.82) is 0 Å². The fourth-order valence-corrected chi connectivity index (χ4v) is 5.65. The summed E-state index contributed by atoms with van der Waals surface area (Å²) in [6.07, 6.45) is -4.21. The van der Waals surface area contributed by atoms with Crippen LogP contribution < -0.4 is 25.2 Å². The number of methoxy groups -OCH3 is 3. The van der Waals surface area contributed by atoms with Crippen LogP contribution in [-0.4, -0.2) is 67.7 Å². The summed E-state index contributed by atoms with van der Waals surface area (Å²) < 4.78 is 33.9. The number of amides is 1. The highest BCUT2D eigenvalue weighted by molar-refractivity contribution is 6.05. The molecule has 11 heteroatoms. The second kappa shape index (κ2) is 12.9. The van der Waals surface area contributed by atoms with Gasteiger partial charge in [0.15, 0.2) is 0 Å². The summed E-state index contributed by atoms with van der Waals surface area (Å²) in [6.45, 7) is 5.32. The van der Waals surface area contributed by atoms with Crippen molar-refractivity contribution < 1.29 is 43.1 Å². The first-order valence-electron chi connectivity index (χ1n) is 14.5. The number of fused-ring (bicyclic) bond motifs is 1. The Hall–Kier alpha value is -4.42. The van der Waals surface area contributed by atoms with Crippen molar-refractivity contribution in [1.82, 2.24) is 0 Å². The molecule has 11 nitrogen and oxygen atoms in total. The third kappa shape index (κ3) is 6.25. The van der Waals surface area contributed by atoms with E-state index in [-0.39, 0.29) is 11.3 Å². The molecule has 1 aromatic heterocycles. The molecule has 1 aliphatic heterocycles. The van der Waals surface area contributed by atoms with E-state index in [1.54, 1.807) is 58.4 Å². The number of rotatable bonds is 9. The van der Waals surface area contributed by atoms with E-state index in [1.807, 2.05) is 31.2 Å². The molecular formula is C34H37NO10. The van der Waals surface area contributed by atoms with Crippen LogP contribution in [0.1, 0.15) is 36.7 Å². The molecule has 45 heavy (non-hydrogen) atoms.